The molecule has 0 aromatic heterocycles. The van der Waals surface area contributed by atoms with Crippen molar-refractivity contribution in [1.82, 2.24) is 10.2 Å². The van der Waals surface area contributed by atoms with Crippen LogP contribution in [0.3, 0.4) is 0 Å². The van der Waals surface area contributed by atoms with Crippen LogP contribution >= 0.6 is 23.4 Å². The second-order valence-electron chi connectivity index (χ2n) is 4.90. The van der Waals surface area contributed by atoms with Crippen molar-refractivity contribution >= 4 is 29.3 Å². The van der Waals surface area contributed by atoms with Gasteiger partial charge < -0.3 is 10.2 Å². The number of amides is 1. The molecule has 0 aliphatic carbocycles. The molecule has 2 atom stereocenters. The summed E-state index contributed by atoms with van der Waals surface area (Å²) >= 11 is 8.03. The van der Waals surface area contributed by atoms with Crippen LogP contribution < -0.4 is 5.32 Å². The highest BCUT2D eigenvalue weighted by atomic mass is 35.5. The maximum absolute atomic E-state index is 12.5. The van der Waals surface area contributed by atoms with E-state index in [0.717, 1.165) is 36.5 Å². The number of halogens is 1. The van der Waals surface area contributed by atoms with E-state index in [1.54, 1.807) is 11.8 Å². The maximum Gasteiger partial charge on any atom is 0.236 e. The van der Waals surface area contributed by atoms with Crippen LogP contribution in [0.1, 0.15) is 30.7 Å². The minimum atomic E-state index is 0.0537. The summed E-state index contributed by atoms with van der Waals surface area (Å²) in [5.41, 5.74) is 1.05. The zero-order valence-electron chi connectivity index (χ0n) is 11.9. The third-order valence-electron chi connectivity index (χ3n) is 3.50. The SMILES string of the molecule is CC[C@H]1S[C@@H](c2ccccc2Cl)N(CCCNC)C1=O. The number of benzene rings is 1. The van der Waals surface area contributed by atoms with Gasteiger partial charge in [0.15, 0.2) is 0 Å². The number of nitrogens with one attached hydrogen (secondary N) is 1. The largest absolute Gasteiger partial charge is 0.325 e. The van der Waals surface area contributed by atoms with E-state index in [1.165, 1.54) is 0 Å². The number of carbonyl (C=O) groups is 1. The maximum atomic E-state index is 12.5. The number of hydrogen-bond donors (Lipinski definition) is 1. The Morgan fingerprint density at radius 2 is 2.15 bits per heavy atom. The van der Waals surface area contributed by atoms with E-state index in [-0.39, 0.29) is 16.5 Å². The monoisotopic (exact) mass is 312 g/mol. The molecule has 1 amide bonds. The highest BCUT2D eigenvalue weighted by Gasteiger charge is 2.40. The Hall–Kier alpha value is -0.710. The lowest BCUT2D eigenvalue weighted by molar-refractivity contribution is -0.130. The molecule has 1 heterocycles. The molecular formula is C15H21ClN2OS. The number of carbonyl (C=O) groups excluding carboxylic acids is 1. The average Bonchev–Trinajstić information content (AvgIpc) is 2.77. The van der Waals surface area contributed by atoms with E-state index in [2.05, 4.69) is 12.2 Å². The Bertz CT molecular complexity index is 469. The van der Waals surface area contributed by atoms with Gasteiger partial charge in [0.1, 0.15) is 5.37 Å². The van der Waals surface area contributed by atoms with Crippen LogP contribution in [0.15, 0.2) is 24.3 Å². The Balaban J connectivity index is 2.20. The molecule has 110 valence electrons. The molecule has 5 heteroatoms. The smallest absolute Gasteiger partial charge is 0.236 e. The van der Waals surface area contributed by atoms with Crippen molar-refractivity contribution in [2.45, 2.75) is 30.4 Å². The molecule has 1 aromatic carbocycles. The molecule has 1 fully saturated rings. The molecule has 1 aromatic rings. The second-order valence-corrected chi connectivity index (χ2v) is 6.59. The minimum Gasteiger partial charge on any atom is -0.325 e. The molecule has 0 saturated carbocycles. The molecule has 20 heavy (non-hydrogen) atoms. The minimum absolute atomic E-state index is 0.0537. The van der Waals surface area contributed by atoms with Gasteiger partial charge in [0, 0.05) is 17.1 Å². The van der Waals surface area contributed by atoms with Crippen molar-refractivity contribution in [3.63, 3.8) is 0 Å². The molecule has 3 nitrogen and oxygen atoms in total. The Kier molecular flexibility index (Phi) is 5.75. The van der Waals surface area contributed by atoms with Crippen LogP contribution in [0.25, 0.3) is 0 Å². The summed E-state index contributed by atoms with van der Waals surface area (Å²) in [4.78, 5) is 14.5. The zero-order valence-corrected chi connectivity index (χ0v) is 13.5. The van der Waals surface area contributed by atoms with Gasteiger partial charge in [0.2, 0.25) is 5.91 Å². The van der Waals surface area contributed by atoms with Gasteiger partial charge in [-0.2, -0.15) is 0 Å². The van der Waals surface area contributed by atoms with Crippen LogP contribution in [0, 0.1) is 0 Å². The lowest BCUT2D eigenvalue weighted by atomic mass is 10.2. The van der Waals surface area contributed by atoms with Gasteiger partial charge in [-0.05, 0) is 32.5 Å². The van der Waals surface area contributed by atoms with Crippen molar-refractivity contribution < 1.29 is 4.79 Å². The van der Waals surface area contributed by atoms with E-state index in [4.69, 9.17) is 11.6 Å². The molecule has 0 spiro atoms. The standard InChI is InChI=1S/C15H21ClN2OS/c1-3-13-14(19)18(10-6-9-17-2)15(20-13)11-7-4-5-8-12(11)16/h4-5,7-8,13,15,17H,3,6,9-10H2,1-2H3/t13-,15+/m1/s1. The summed E-state index contributed by atoms with van der Waals surface area (Å²) < 4.78 is 0. The van der Waals surface area contributed by atoms with Gasteiger partial charge in [-0.1, -0.05) is 36.7 Å². The summed E-state index contributed by atoms with van der Waals surface area (Å²) in [5, 5.41) is 3.99. The molecule has 1 N–H and O–H groups in total. The lowest BCUT2D eigenvalue weighted by Gasteiger charge is -2.24. The van der Waals surface area contributed by atoms with Crippen LogP contribution in [-0.4, -0.2) is 36.2 Å². The van der Waals surface area contributed by atoms with E-state index >= 15 is 0 Å². The normalized spacial score (nSPS) is 22.6. The first-order valence-electron chi connectivity index (χ1n) is 7.04. The van der Waals surface area contributed by atoms with E-state index < -0.39 is 0 Å². The van der Waals surface area contributed by atoms with Crippen LogP contribution in [0.2, 0.25) is 5.02 Å². The van der Waals surface area contributed by atoms with Crippen molar-refractivity contribution in [2.75, 3.05) is 20.1 Å². The Labute approximate surface area is 130 Å². The van der Waals surface area contributed by atoms with E-state index in [9.17, 15) is 4.79 Å². The van der Waals surface area contributed by atoms with Crippen molar-refractivity contribution in [3.05, 3.63) is 34.9 Å². The van der Waals surface area contributed by atoms with Gasteiger partial charge in [-0.25, -0.2) is 0 Å². The predicted molar refractivity (Wildman–Crippen MR) is 86.1 cm³/mol. The molecular weight excluding hydrogens is 292 g/mol. The van der Waals surface area contributed by atoms with Gasteiger partial charge >= 0.3 is 0 Å². The van der Waals surface area contributed by atoms with E-state index in [1.807, 2.05) is 36.2 Å². The molecule has 0 radical (unpaired) electrons. The molecule has 1 aliphatic heterocycles. The van der Waals surface area contributed by atoms with Crippen molar-refractivity contribution in [1.29, 1.82) is 0 Å². The van der Waals surface area contributed by atoms with Crippen LogP contribution in [-0.2, 0) is 4.79 Å². The molecule has 0 unspecified atom stereocenters. The first-order chi connectivity index (χ1) is 9.69. The molecule has 1 aliphatic rings. The highest BCUT2D eigenvalue weighted by molar-refractivity contribution is 8.01. The Morgan fingerprint density at radius 3 is 2.80 bits per heavy atom. The Morgan fingerprint density at radius 1 is 1.40 bits per heavy atom. The van der Waals surface area contributed by atoms with Gasteiger partial charge in [0.05, 0.1) is 5.25 Å². The van der Waals surface area contributed by atoms with E-state index in [0.29, 0.717) is 0 Å². The lowest BCUT2D eigenvalue weighted by Crippen LogP contribution is -2.33. The van der Waals surface area contributed by atoms with Crippen LogP contribution in [0.5, 0.6) is 0 Å². The summed E-state index contributed by atoms with van der Waals surface area (Å²) in [7, 11) is 1.93. The zero-order chi connectivity index (χ0) is 14.5. The third-order valence-corrected chi connectivity index (χ3v) is 5.48. The fourth-order valence-corrected chi connectivity index (χ4v) is 4.20. The van der Waals surface area contributed by atoms with Crippen LogP contribution in [0.4, 0.5) is 0 Å². The summed E-state index contributed by atoms with van der Waals surface area (Å²) in [6.45, 7) is 3.76. The van der Waals surface area contributed by atoms with Crippen molar-refractivity contribution in [3.8, 4) is 0 Å². The highest BCUT2D eigenvalue weighted by Crippen LogP contribution is 2.45. The molecule has 1 saturated heterocycles. The predicted octanol–water partition coefficient (Wildman–Crippen LogP) is 3.30. The second kappa shape index (κ2) is 7.34. The third kappa shape index (κ3) is 3.30. The fourth-order valence-electron chi connectivity index (χ4n) is 2.43. The first-order valence-corrected chi connectivity index (χ1v) is 8.36. The number of thioether (sulfide) groups is 1. The van der Waals surface area contributed by atoms with Gasteiger partial charge in [-0.3, -0.25) is 4.79 Å². The van der Waals surface area contributed by atoms with Gasteiger partial charge in [0.25, 0.3) is 0 Å². The molecule has 0 bridgehead atoms. The summed E-state index contributed by atoms with van der Waals surface area (Å²) in [6, 6.07) is 7.83. The average molecular weight is 313 g/mol. The van der Waals surface area contributed by atoms with Gasteiger partial charge in [-0.15, -0.1) is 11.8 Å². The quantitative estimate of drug-likeness (QED) is 0.818. The van der Waals surface area contributed by atoms with Crippen molar-refractivity contribution in [2.24, 2.45) is 0 Å². The number of hydrogen-bond acceptors (Lipinski definition) is 3. The summed E-state index contributed by atoms with van der Waals surface area (Å²) in [5.74, 6) is 0.249. The summed E-state index contributed by atoms with van der Waals surface area (Å²) in [6.07, 6.45) is 1.83. The number of rotatable bonds is 6. The molecule has 2 rings (SSSR count). The first kappa shape index (κ1) is 15.7. The number of nitrogens with zero attached hydrogens (tertiary/aromatic N) is 1. The fraction of sp³-hybridized carbons (Fsp3) is 0.533. The topological polar surface area (TPSA) is 32.3 Å².